The fourth-order valence-electron chi connectivity index (χ4n) is 3.30. The Kier molecular flexibility index (Phi) is 3.12. The van der Waals surface area contributed by atoms with Crippen LogP contribution < -0.4 is 5.32 Å². The normalized spacial score (nSPS) is 29.2. The van der Waals surface area contributed by atoms with Gasteiger partial charge in [-0.15, -0.1) is 0 Å². The van der Waals surface area contributed by atoms with Crippen molar-refractivity contribution in [3.05, 3.63) is 29.6 Å². The molecule has 0 aromatic carbocycles. The van der Waals surface area contributed by atoms with Gasteiger partial charge in [0.1, 0.15) is 0 Å². The lowest BCUT2D eigenvalue weighted by atomic mass is 9.92. The maximum atomic E-state index is 4.29. The second-order valence-corrected chi connectivity index (χ2v) is 5.47. The third-order valence-corrected chi connectivity index (χ3v) is 4.11. The maximum absolute atomic E-state index is 4.29. The Hall–Kier alpha value is -0.930. The van der Waals surface area contributed by atoms with Gasteiger partial charge in [0.25, 0.3) is 0 Å². The minimum absolute atomic E-state index is 0.754. The average molecular weight is 231 g/mol. The van der Waals surface area contributed by atoms with E-state index in [0.717, 1.165) is 18.5 Å². The van der Waals surface area contributed by atoms with Crippen LogP contribution in [0, 0.1) is 12.8 Å². The zero-order valence-corrected chi connectivity index (χ0v) is 10.5. The summed E-state index contributed by atoms with van der Waals surface area (Å²) in [5.41, 5.74) is 2.62. The smallest absolute Gasteiger partial charge is 0.0313 e. The number of rotatable bonds is 2. The molecule has 2 fully saturated rings. The molecule has 2 atom stereocenters. The molecule has 17 heavy (non-hydrogen) atoms. The van der Waals surface area contributed by atoms with Gasteiger partial charge in [-0.1, -0.05) is 6.07 Å². The third kappa shape index (κ3) is 2.35. The summed E-state index contributed by atoms with van der Waals surface area (Å²) in [6, 6.07) is 3.02. The Balaban J connectivity index is 1.71. The second kappa shape index (κ2) is 4.75. The highest BCUT2D eigenvalue weighted by Crippen LogP contribution is 2.27. The van der Waals surface area contributed by atoms with Crippen molar-refractivity contribution in [3.8, 4) is 0 Å². The van der Waals surface area contributed by atoms with E-state index >= 15 is 0 Å². The molecule has 3 nitrogen and oxygen atoms in total. The van der Waals surface area contributed by atoms with Gasteiger partial charge in [-0.3, -0.25) is 9.88 Å². The van der Waals surface area contributed by atoms with Gasteiger partial charge in [0.15, 0.2) is 0 Å². The molecule has 2 unspecified atom stereocenters. The van der Waals surface area contributed by atoms with Crippen molar-refractivity contribution < 1.29 is 0 Å². The number of piperidine rings is 1. The lowest BCUT2D eigenvalue weighted by Crippen LogP contribution is -2.44. The molecule has 3 heteroatoms. The van der Waals surface area contributed by atoms with E-state index in [1.54, 1.807) is 0 Å². The average Bonchev–Trinajstić information content (AvgIpc) is 2.78. The monoisotopic (exact) mass is 231 g/mol. The summed E-state index contributed by atoms with van der Waals surface area (Å²) in [4.78, 5) is 6.94. The van der Waals surface area contributed by atoms with E-state index in [1.807, 2.05) is 12.4 Å². The van der Waals surface area contributed by atoms with E-state index < -0.39 is 0 Å². The maximum Gasteiger partial charge on any atom is 0.0313 e. The largest absolute Gasteiger partial charge is 0.315 e. The van der Waals surface area contributed by atoms with E-state index in [-0.39, 0.29) is 0 Å². The minimum Gasteiger partial charge on any atom is -0.315 e. The molecule has 0 radical (unpaired) electrons. The summed E-state index contributed by atoms with van der Waals surface area (Å²) in [6.07, 6.45) is 6.70. The molecule has 1 N–H and O–H groups in total. The summed E-state index contributed by atoms with van der Waals surface area (Å²) >= 11 is 0. The highest BCUT2D eigenvalue weighted by molar-refractivity contribution is 5.16. The van der Waals surface area contributed by atoms with Crippen LogP contribution in [0.3, 0.4) is 0 Å². The van der Waals surface area contributed by atoms with Crippen LogP contribution in [0.15, 0.2) is 18.5 Å². The second-order valence-electron chi connectivity index (χ2n) is 5.47. The number of nitrogens with one attached hydrogen (secondary N) is 1. The predicted molar refractivity (Wildman–Crippen MR) is 68.8 cm³/mol. The van der Waals surface area contributed by atoms with Gasteiger partial charge in [0, 0.05) is 31.5 Å². The summed E-state index contributed by atoms with van der Waals surface area (Å²) in [5, 5.41) is 3.53. The van der Waals surface area contributed by atoms with Crippen LogP contribution in [0.25, 0.3) is 0 Å². The highest BCUT2D eigenvalue weighted by Gasteiger charge is 2.34. The predicted octanol–water partition coefficient (Wildman–Crippen LogP) is 1.57. The van der Waals surface area contributed by atoms with Crippen molar-refractivity contribution in [3.63, 3.8) is 0 Å². The van der Waals surface area contributed by atoms with E-state index in [4.69, 9.17) is 0 Å². The van der Waals surface area contributed by atoms with Gasteiger partial charge in [-0.05, 0) is 49.9 Å². The number of fused-ring (bicyclic) bond motifs is 1. The molecule has 0 saturated carbocycles. The van der Waals surface area contributed by atoms with Gasteiger partial charge in [0.2, 0.25) is 0 Å². The number of pyridine rings is 1. The first-order valence-corrected chi connectivity index (χ1v) is 6.68. The minimum atomic E-state index is 0.754. The molecular weight excluding hydrogens is 210 g/mol. The first-order chi connectivity index (χ1) is 8.33. The summed E-state index contributed by atoms with van der Waals surface area (Å²) in [5.74, 6) is 0.876. The SMILES string of the molecule is Cc1cncc(CN2CCCC3CNCC32)c1. The first kappa shape index (κ1) is 11.2. The topological polar surface area (TPSA) is 28.2 Å². The number of aromatic nitrogens is 1. The van der Waals surface area contributed by atoms with E-state index in [0.29, 0.717) is 0 Å². The molecule has 0 amide bonds. The molecule has 0 aliphatic carbocycles. The molecule has 1 aromatic heterocycles. The molecule has 3 heterocycles. The lowest BCUT2D eigenvalue weighted by molar-refractivity contribution is 0.117. The number of aryl methyl sites for hydroxylation is 1. The van der Waals surface area contributed by atoms with Gasteiger partial charge < -0.3 is 5.32 Å². The molecule has 92 valence electrons. The third-order valence-electron chi connectivity index (χ3n) is 4.11. The van der Waals surface area contributed by atoms with Crippen molar-refractivity contribution in [2.75, 3.05) is 19.6 Å². The lowest BCUT2D eigenvalue weighted by Gasteiger charge is -2.37. The van der Waals surface area contributed by atoms with E-state index in [2.05, 4.69) is 28.2 Å². The van der Waals surface area contributed by atoms with Crippen LogP contribution in [-0.2, 0) is 6.54 Å². The summed E-state index contributed by atoms with van der Waals surface area (Å²) in [7, 11) is 0. The Labute approximate surface area is 103 Å². The fourth-order valence-corrected chi connectivity index (χ4v) is 3.30. The molecule has 2 saturated heterocycles. The van der Waals surface area contributed by atoms with E-state index in [9.17, 15) is 0 Å². The van der Waals surface area contributed by atoms with Crippen LogP contribution >= 0.6 is 0 Å². The van der Waals surface area contributed by atoms with Gasteiger partial charge in [-0.25, -0.2) is 0 Å². The summed E-state index contributed by atoms with van der Waals surface area (Å²) in [6.45, 7) is 6.82. The van der Waals surface area contributed by atoms with Crippen LogP contribution in [0.4, 0.5) is 0 Å². The molecule has 1 aromatic rings. The van der Waals surface area contributed by atoms with Crippen LogP contribution in [0.1, 0.15) is 24.0 Å². The molecule has 2 aliphatic rings. The molecule has 0 spiro atoms. The molecule has 2 aliphatic heterocycles. The highest BCUT2D eigenvalue weighted by atomic mass is 15.2. The molecule has 0 bridgehead atoms. The van der Waals surface area contributed by atoms with Crippen LogP contribution in [0.5, 0.6) is 0 Å². The van der Waals surface area contributed by atoms with E-state index in [1.165, 1.54) is 43.6 Å². The van der Waals surface area contributed by atoms with Crippen molar-refractivity contribution in [1.29, 1.82) is 0 Å². The number of likely N-dealkylation sites (tertiary alicyclic amines) is 1. The zero-order valence-electron chi connectivity index (χ0n) is 10.5. The Morgan fingerprint density at radius 2 is 2.35 bits per heavy atom. The van der Waals surface area contributed by atoms with Crippen LogP contribution in [0.2, 0.25) is 0 Å². The standard InChI is InChI=1S/C14H21N3/c1-11-5-12(7-15-6-11)10-17-4-2-3-13-8-16-9-14(13)17/h5-7,13-14,16H,2-4,8-10H2,1H3. The number of hydrogen-bond donors (Lipinski definition) is 1. The zero-order chi connectivity index (χ0) is 11.7. The Morgan fingerprint density at radius 3 is 3.24 bits per heavy atom. The number of nitrogens with zero attached hydrogens (tertiary/aromatic N) is 2. The molecular formula is C14H21N3. The van der Waals surface area contributed by atoms with Crippen molar-refractivity contribution in [2.24, 2.45) is 5.92 Å². The van der Waals surface area contributed by atoms with Gasteiger partial charge in [0.05, 0.1) is 0 Å². The van der Waals surface area contributed by atoms with Gasteiger partial charge in [-0.2, -0.15) is 0 Å². The van der Waals surface area contributed by atoms with Crippen LogP contribution in [-0.4, -0.2) is 35.6 Å². The summed E-state index contributed by atoms with van der Waals surface area (Å²) < 4.78 is 0. The van der Waals surface area contributed by atoms with Gasteiger partial charge >= 0.3 is 0 Å². The Morgan fingerprint density at radius 1 is 1.41 bits per heavy atom. The van der Waals surface area contributed by atoms with Crippen molar-refractivity contribution in [1.82, 2.24) is 15.2 Å². The fraction of sp³-hybridized carbons (Fsp3) is 0.643. The molecule has 3 rings (SSSR count). The van der Waals surface area contributed by atoms with Crippen molar-refractivity contribution in [2.45, 2.75) is 32.4 Å². The van der Waals surface area contributed by atoms with Crippen molar-refractivity contribution >= 4 is 0 Å². The number of hydrogen-bond acceptors (Lipinski definition) is 3. The quantitative estimate of drug-likeness (QED) is 0.837. The first-order valence-electron chi connectivity index (χ1n) is 6.68. The Bertz CT molecular complexity index is 391.